The fourth-order valence-corrected chi connectivity index (χ4v) is 3.86. The summed E-state index contributed by atoms with van der Waals surface area (Å²) < 4.78 is 0. The van der Waals surface area contributed by atoms with E-state index in [2.05, 4.69) is 20.7 Å². The first-order valence-electron chi connectivity index (χ1n) is 10.8. The van der Waals surface area contributed by atoms with Crippen molar-refractivity contribution < 1.29 is 29.4 Å². The average molecular weight is 544 g/mol. The SMILES string of the molecule is C[C@H](NN(C(=O)CSc1ncccn1)C(=O)c1ccc(C(=O)NCc2cccc(O)c2)cc1Cl)C(=O)O. The quantitative estimate of drug-likeness (QED) is 0.170. The Morgan fingerprint density at radius 1 is 1.08 bits per heavy atom. The zero-order valence-corrected chi connectivity index (χ0v) is 21.0. The minimum absolute atomic E-state index is 0.0669. The zero-order chi connectivity index (χ0) is 26.9. The first-order chi connectivity index (χ1) is 17.7. The highest BCUT2D eigenvalue weighted by atomic mass is 35.5. The summed E-state index contributed by atoms with van der Waals surface area (Å²) in [5.74, 6) is -3.60. The third kappa shape index (κ3) is 7.74. The number of nitrogens with zero attached hydrogens (tertiary/aromatic N) is 3. The molecule has 1 aromatic heterocycles. The smallest absolute Gasteiger partial charge is 0.322 e. The summed E-state index contributed by atoms with van der Waals surface area (Å²) in [7, 11) is 0. The maximum atomic E-state index is 13.2. The number of aliphatic carboxylic acids is 1. The molecule has 0 unspecified atom stereocenters. The van der Waals surface area contributed by atoms with Crippen LogP contribution in [0.25, 0.3) is 0 Å². The minimum Gasteiger partial charge on any atom is -0.508 e. The number of hydrazine groups is 1. The van der Waals surface area contributed by atoms with Crippen molar-refractivity contribution in [2.24, 2.45) is 0 Å². The second-order valence-electron chi connectivity index (χ2n) is 7.59. The van der Waals surface area contributed by atoms with E-state index in [0.717, 1.165) is 11.8 Å². The topological polar surface area (TPSA) is 162 Å². The lowest BCUT2D eigenvalue weighted by molar-refractivity contribution is -0.141. The molecule has 1 atom stereocenters. The third-order valence-electron chi connectivity index (χ3n) is 4.84. The maximum Gasteiger partial charge on any atom is 0.322 e. The van der Waals surface area contributed by atoms with E-state index >= 15 is 0 Å². The van der Waals surface area contributed by atoms with Gasteiger partial charge < -0.3 is 15.5 Å². The fourth-order valence-electron chi connectivity index (χ4n) is 2.94. The van der Waals surface area contributed by atoms with Gasteiger partial charge in [0.05, 0.1) is 16.3 Å². The van der Waals surface area contributed by atoms with Crippen molar-refractivity contribution in [2.75, 3.05) is 5.75 Å². The van der Waals surface area contributed by atoms with Crippen molar-refractivity contribution in [3.63, 3.8) is 0 Å². The molecule has 4 N–H and O–H groups in total. The van der Waals surface area contributed by atoms with E-state index < -0.39 is 29.7 Å². The van der Waals surface area contributed by atoms with Crippen molar-refractivity contribution in [3.05, 3.63) is 82.6 Å². The van der Waals surface area contributed by atoms with Crippen molar-refractivity contribution in [2.45, 2.75) is 24.7 Å². The average Bonchev–Trinajstić information content (AvgIpc) is 2.89. The Bertz CT molecular complexity index is 1310. The second-order valence-corrected chi connectivity index (χ2v) is 8.94. The lowest BCUT2D eigenvalue weighted by Crippen LogP contribution is -2.53. The first kappa shape index (κ1) is 27.6. The molecule has 0 aliphatic carbocycles. The third-order valence-corrected chi connectivity index (χ3v) is 6.01. The number of carboxylic acid groups (broad SMARTS) is 1. The maximum absolute atomic E-state index is 13.2. The molecule has 3 aromatic rings. The molecule has 13 heteroatoms. The zero-order valence-electron chi connectivity index (χ0n) is 19.4. The highest BCUT2D eigenvalue weighted by molar-refractivity contribution is 7.99. The van der Waals surface area contributed by atoms with E-state index in [0.29, 0.717) is 15.7 Å². The fraction of sp³-hybridized carbons (Fsp3) is 0.167. The molecule has 192 valence electrons. The van der Waals surface area contributed by atoms with Crippen LogP contribution in [0.2, 0.25) is 5.02 Å². The van der Waals surface area contributed by atoms with Gasteiger partial charge in [-0.05, 0) is 48.9 Å². The number of aromatic nitrogens is 2. The molecule has 0 saturated carbocycles. The summed E-state index contributed by atoms with van der Waals surface area (Å²) in [4.78, 5) is 57.9. The van der Waals surface area contributed by atoms with E-state index in [1.54, 1.807) is 18.2 Å². The Morgan fingerprint density at radius 3 is 2.46 bits per heavy atom. The van der Waals surface area contributed by atoms with Gasteiger partial charge in [0.25, 0.3) is 17.7 Å². The number of amides is 3. The number of imide groups is 1. The number of halogens is 1. The van der Waals surface area contributed by atoms with Crippen LogP contribution in [0.5, 0.6) is 5.75 Å². The van der Waals surface area contributed by atoms with Crippen LogP contribution < -0.4 is 10.7 Å². The monoisotopic (exact) mass is 543 g/mol. The number of thioether (sulfide) groups is 1. The Morgan fingerprint density at radius 2 is 1.81 bits per heavy atom. The van der Waals surface area contributed by atoms with Gasteiger partial charge >= 0.3 is 5.97 Å². The summed E-state index contributed by atoms with van der Waals surface area (Å²) >= 11 is 7.25. The van der Waals surface area contributed by atoms with Crippen LogP contribution in [-0.2, 0) is 16.1 Å². The van der Waals surface area contributed by atoms with E-state index in [-0.39, 0.29) is 34.2 Å². The molecular weight excluding hydrogens is 522 g/mol. The van der Waals surface area contributed by atoms with Gasteiger partial charge in [-0.15, -0.1) is 0 Å². The van der Waals surface area contributed by atoms with Crippen molar-refractivity contribution in [3.8, 4) is 5.75 Å². The summed E-state index contributed by atoms with van der Waals surface area (Å²) in [6.45, 7) is 1.42. The number of hydrogen-bond donors (Lipinski definition) is 4. The molecule has 37 heavy (non-hydrogen) atoms. The molecular formula is C24H22ClN5O6S. The van der Waals surface area contributed by atoms with Crippen LogP contribution in [0.1, 0.15) is 33.2 Å². The van der Waals surface area contributed by atoms with Crippen LogP contribution in [-0.4, -0.2) is 60.7 Å². The molecule has 0 saturated heterocycles. The Hall–Kier alpha value is -4.00. The van der Waals surface area contributed by atoms with Gasteiger partial charge in [0, 0.05) is 24.5 Å². The van der Waals surface area contributed by atoms with E-state index in [4.69, 9.17) is 11.6 Å². The van der Waals surface area contributed by atoms with E-state index in [1.165, 1.54) is 49.6 Å². The Labute approximate surface area is 220 Å². The van der Waals surface area contributed by atoms with Crippen molar-refractivity contribution >= 4 is 47.1 Å². The van der Waals surface area contributed by atoms with Gasteiger partial charge in [0.15, 0.2) is 5.16 Å². The first-order valence-corrected chi connectivity index (χ1v) is 12.1. The standard InChI is InChI=1S/C24H22ClN5O6S/c1-14(23(35)36)29-30(20(32)13-37-24-26-8-3-9-27-24)22(34)18-7-6-16(11-19(18)25)21(33)28-12-15-4-2-5-17(31)10-15/h2-11,14,29,31H,12-13H2,1H3,(H,28,33)(H,35,36)/t14-/m0/s1. The number of carboxylic acids is 1. The predicted octanol–water partition coefficient (Wildman–Crippen LogP) is 2.50. The summed E-state index contributed by atoms with van der Waals surface area (Å²) in [6.07, 6.45) is 2.99. The number of benzene rings is 2. The van der Waals surface area contributed by atoms with Gasteiger partial charge in [-0.2, -0.15) is 0 Å². The van der Waals surface area contributed by atoms with Gasteiger partial charge in [0.1, 0.15) is 11.8 Å². The summed E-state index contributed by atoms with van der Waals surface area (Å²) in [5, 5.41) is 22.2. The molecule has 11 nitrogen and oxygen atoms in total. The highest BCUT2D eigenvalue weighted by Crippen LogP contribution is 2.21. The van der Waals surface area contributed by atoms with Crippen LogP contribution in [0.15, 0.2) is 66.1 Å². The molecule has 1 heterocycles. The number of carbonyl (C=O) groups excluding carboxylic acids is 3. The van der Waals surface area contributed by atoms with Crippen molar-refractivity contribution in [1.29, 1.82) is 0 Å². The number of rotatable bonds is 10. The number of phenolic OH excluding ortho intramolecular Hbond substituents is 1. The number of carbonyl (C=O) groups is 4. The van der Waals surface area contributed by atoms with Gasteiger partial charge in [-0.1, -0.05) is 35.5 Å². The van der Waals surface area contributed by atoms with Gasteiger partial charge in [-0.3, -0.25) is 19.2 Å². The van der Waals surface area contributed by atoms with Crippen LogP contribution in [0.3, 0.4) is 0 Å². The van der Waals surface area contributed by atoms with Gasteiger partial charge in [0.2, 0.25) is 0 Å². The molecule has 0 radical (unpaired) electrons. The molecule has 0 fully saturated rings. The number of phenols is 1. The highest BCUT2D eigenvalue weighted by Gasteiger charge is 2.28. The van der Waals surface area contributed by atoms with Gasteiger partial charge in [-0.25, -0.2) is 20.4 Å². The van der Waals surface area contributed by atoms with Crippen LogP contribution >= 0.6 is 23.4 Å². The number of hydrogen-bond acceptors (Lipinski definition) is 9. The summed E-state index contributed by atoms with van der Waals surface area (Å²) in [6, 6.07) is 10.6. The van der Waals surface area contributed by atoms with Crippen LogP contribution in [0, 0.1) is 0 Å². The molecule has 0 aliphatic heterocycles. The Balaban J connectivity index is 1.74. The number of aromatic hydroxyl groups is 1. The molecule has 0 bridgehead atoms. The minimum atomic E-state index is -1.28. The van der Waals surface area contributed by atoms with Crippen molar-refractivity contribution in [1.82, 2.24) is 25.7 Å². The number of nitrogens with one attached hydrogen (secondary N) is 2. The second kappa shape index (κ2) is 12.8. The Kier molecular flexibility index (Phi) is 9.55. The largest absolute Gasteiger partial charge is 0.508 e. The normalized spacial score (nSPS) is 11.4. The lowest BCUT2D eigenvalue weighted by Gasteiger charge is -2.24. The predicted molar refractivity (Wildman–Crippen MR) is 135 cm³/mol. The van der Waals surface area contributed by atoms with E-state index in [9.17, 15) is 29.4 Å². The van der Waals surface area contributed by atoms with Crippen LogP contribution in [0.4, 0.5) is 0 Å². The lowest BCUT2D eigenvalue weighted by atomic mass is 10.1. The molecule has 0 spiro atoms. The summed E-state index contributed by atoms with van der Waals surface area (Å²) in [5.41, 5.74) is 3.09. The molecule has 3 rings (SSSR count). The van der Waals surface area contributed by atoms with E-state index in [1.807, 2.05) is 0 Å². The molecule has 2 aromatic carbocycles. The molecule has 3 amide bonds. The molecule has 0 aliphatic rings.